The summed E-state index contributed by atoms with van der Waals surface area (Å²) in [5.41, 5.74) is 3.36. The van der Waals surface area contributed by atoms with Gasteiger partial charge in [0.05, 0.1) is 5.56 Å². The smallest absolute Gasteiger partial charge is 0.339 e. The van der Waals surface area contributed by atoms with E-state index in [0.29, 0.717) is 16.9 Å². The molecule has 0 saturated heterocycles. The molecule has 0 spiro atoms. The maximum atomic E-state index is 12.3. The van der Waals surface area contributed by atoms with Crippen molar-refractivity contribution >= 4 is 29.2 Å². The second-order valence-electron chi connectivity index (χ2n) is 6.11. The van der Waals surface area contributed by atoms with Crippen LogP contribution in [0.25, 0.3) is 0 Å². The molecule has 6 nitrogen and oxygen atoms in total. The van der Waals surface area contributed by atoms with Crippen LogP contribution in [0.1, 0.15) is 35.3 Å². The summed E-state index contributed by atoms with van der Waals surface area (Å²) in [6, 6.07) is 12.1. The van der Waals surface area contributed by atoms with Gasteiger partial charge in [-0.05, 0) is 56.7 Å². The maximum Gasteiger partial charge on any atom is 0.339 e. The number of benzene rings is 2. The number of hydrogen-bond acceptors (Lipinski definition) is 4. The molecule has 0 aromatic heterocycles. The molecule has 0 fully saturated rings. The number of esters is 1. The Kier molecular flexibility index (Phi) is 6.11. The molecule has 0 aliphatic carbocycles. The number of rotatable bonds is 5. The van der Waals surface area contributed by atoms with Crippen LogP contribution in [0.15, 0.2) is 42.5 Å². The van der Waals surface area contributed by atoms with Crippen LogP contribution in [0.3, 0.4) is 0 Å². The summed E-state index contributed by atoms with van der Waals surface area (Å²) >= 11 is 0. The van der Waals surface area contributed by atoms with Crippen molar-refractivity contribution in [3.05, 3.63) is 59.2 Å². The average Bonchev–Trinajstić information content (AvgIpc) is 2.58. The first-order chi connectivity index (χ1) is 12.3. The zero-order valence-electron chi connectivity index (χ0n) is 15.3. The number of hydrogen-bond donors (Lipinski definition) is 2. The molecule has 2 aromatic rings. The molecule has 2 aromatic carbocycles. The van der Waals surface area contributed by atoms with E-state index in [1.807, 2.05) is 26.0 Å². The Morgan fingerprint density at radius 1 is 0.923 bits per heavy atom. The monoisotopic (exact) mass is 354 g/mol. The van der Waals surface area contributed by atoms with E-state index in [2.05, 4.69) is 10.6 Å². The number of carbonyl (C=O) groups is 3. The van der Waals surface area contributed by atoms with Crippen LogP contribution < -0.4 is 10.6 Å². The fourth-order valence-corrected chi connectivity index (χ4v) is 2.32. The van der Waals surface area contributed by atoms with E-state index < -0.39 is 18.0 Å². The fourth-order valence-electron chi connectivity index (χ4n) is 2.32. The van der Waals surface area contributed by atoms with Gasteiger partial charge < -0.3 is 15.4 Å². The van der Waals surface area contributed by atoms with Crippen LogP contribution in [-0.2, 0) is 14.3 Å². The van der Waals surface area contributed by atoms with Gasteiger partial charge in [-0.3, -0.25) is 9.59 Å². The number of aryl methyl sites for hydroxylation is 2. The summed E-state index contributed by atoms with van der Waals surface area (Å²) in [6.45, 7) is 6.64. The lowest BCUT2D eigenvalue weighted by atomic mass is 10.1. The molecule has 26 heavy (non-hydrogen) atoms. The Hall–Kier alpha value is -3.15. The van der Waals surface area contributed by atoms with E-state index in [1.54, 1.807) is 30.3 Å². The average molecular weight is 354 g/mol. The summed E-state index contributed by atoms with van der Waals surface area (Å²) in [6.07, 6.45) is -0.947. The lowest BCUT2D eigenvalue weighted by Crippen LogP contribution is -2.30. The minimum Gasteiger partial charge on any atom is -0.449 e. The van der Waals surface area contributed by atoms with Gasteiger partial charge in [0, 0.05) is 18.3 Å². The Labute approximate surface area is 152 Å². The first-order valence-corrected chi connectivity index (χ1v) is 8.23. The van der Waals surface area contributed by atoms with Crippen molar-refractivity contribution in [2.75, 3.05) is 10.6 Å². The SMILES string of the molecule is CC(=O)Nc1ccc(NC(=O)[C@@H](C)OC(=O)c2cc(C)ccc2C)cc1. The van der Waals surface area contributed by atoms with E-state index >= 15 is 0 Å². The van der Waals surface area contributed by atoms with Crippen molar-refractivity contribution in [3.63, 3.8) is 0 Å². The summed E-state index contributed by atoms with van der Waals surface area (Å²) in [5, 5.41) is 5.32. The minimum atomic E-state index is -0.947. The topological polar surface area (TPSA) is 84.5 Å². The van der Waals surface area contributed by atoms with Gasteiger partial charge in [0.15, 0.2) is 6.10 Å². The highest BCUT2D eigenvalue weighted by atomic mass is 16.5. The van der Waals surface area contributed by atoms with E-state index in [-0.39, 0.29) is 5.91 Å². The zero-order valence-corrected chi connectivity index (χ0v) is 15.3. The molecule has 2 amide bonds. The molecule has 0 saturated carbocycles. The van der Waals surface area contributed by atoms with Crippen LogP contribution in [0.2, 0.25) is 0 Å². The summed E-state index contributed by atoms with van der Waals surface area (Å²) in [5.74, 6) is -1.14. The molecule has 0 aliphatic rings. The van der Waals surface area contributed by atoms with Crippen LogP contribution >= 0.6 is 0 Å². The molecule has 0 heterocycles. The van der Waals surface area contributed by atoms with Gasteiger partial charge >= 0.3 is 5.97 Å². The van der Waals surface area contributed by atoms with Gasteiger partial charge in [0.1, 0.15) is 0 Å². The normalized spacial score (nSPS) is 11.4. The number of ether oxygens (including phenoxy) is 1. The van der Waals surface area contributed by atoms with Gasteiger partial charge in [-0.1, -0.05) is 17.7 Å². The second kappa shape index (κ2) is 8.29. The van der Waals surface area contributed by atoms with Crippen molar-refractivity contribution in [3.8, 4) is 0 Å². The molecule has 0 radical (unpaired) electrons. The van der Waals surface area contributed by atoms with E-state index in [1.165, 1.54) is 13.8 Å². The predicted molar refractivity (Wildman–Crippen MR) is 100 cm³/mol. The van der Waals surface area contributed by atoms with Crippen LogP contribution in [-0.4, -0.2) is 23.9 Å². The number of anilines is 2. The number of carbonyl (C=O) groups excluding carboxylic acids is 3. The molecule has 6 heteroatoms. The van der Waals surface area contributed by atoms with Crippen molar-refractivity contribution in [2.24, 2.45) is 0 Å². The van der Waals surface area contributed by atoms with Crippen molar-refractivity contribution in [1.82, 2.24) is 0 Å². The van der Waals surface area contributed by atoms with Gasteiger partial charge in [0.25, 0.3) is 5.91 Å². The third-order valence-electron chi connectivity index (χ3n) is 3.74. The highest BCUT2D eigenvalue weighted by Crippen LogP contribution is 2.16. The first kappa shape index (κ1) is 19.2. The molecule has 0 aliphatic heterocycles. The van der Waals surface area contributed by atoms with Crippen molar-refractivity contribution < 1.29 is 19.1 Å². The van der Waals surface area contributed by atoms with Gasteiger partial charge in [-0.2, -0.15) is 0 Å². The third kappa shape index (κ3) is 5.17. The maximum absolute atomic E-state index is 12.3. The minimum absolute atomic E-state index is 0.172. The van der Waals surface area contributed by atoms with Crippen LogP contribution in [0, 0.1) is 13.8 Å². The fraction of sp³-hybridized carbons (Fsp3) is 0.250. The number of nitrogens with one attached hydrogen (secondary N) is 2. The summed E-state index contributed by atoms with van der Waals surface area (Å²) < 4.78 is 5.27. The highest BCUT2D eigenvalue weighted by molar-refractivity contribution is 5.98. The Bertz CT molecular complexity index is 828. The third-order valence-corrected chi connectivity index (χ3v) is 3.74. The quantitative estimate of drug-likeness (QED) is 0.806. The zero-order chi connectivity index (χ0) is 19.3. The van der Waals surface area contributed by atoms with E-state index in [0.717, 1.165) is 11.1 Å². The molecule has 0 bridgehead atoms. The largest absolute Gasteiger partial charge is 0.449 e. The van der Waals surface area contributed by atoms with Crippen LogP contribution in [0.4, 0.5) is 11.4 Å². The Balaban J connectivity index is 1.97. The molecule has 136 valence electrons. The van der Waals surface area contributed by atoms with Crippen molar-refractivity contribution in [2.45, 2.75) is 33.8 Å². The van der Waals surface area contributed by atoms with E-state index in [4.69, 9.17) is 4.74 Å². The second-order valence-corrected chi connectivity index (χ2v) is 6.11. The standard InChI is InChI=1S/C20H22N2O4/c1-12-5-6-13(2)18(11-12)20(25)26-14(3)19(24)22-17-9-7-16(8-10-17)21-15(4)23/h5-11,14H,1-4H3,(H,21,23)(H,22,24)/t14-/m1/s1. The number of amides is 2. The van der Waals surface area contributed by atoms with Gasteiger partial charge in [0.2, 0.25) is 5.91 Å². The molecule has 2 N–H and O–H groups in total. The van der Waals surface area contributed by atoms with E-state index in [9.17, 15) is 14.4 Å². The molecular weight excluding hydrogens is 332 g/mol. The molecule has 2 rings (SSSR count). The first-order valence-electron chi connectivity index (χ1n) is 8.23. The van der Waals surface area contributed by atoms with Gasteiger partial charge in [-0.15, -0.1) is 0 Å². The highest BCUT2D eigenvalue weighted by Gasteiger charge is 2.20. The molecule has 0 unspecified atom stereocenters. The Morgan fingerprint density at radius 3 is 2.08 bits per heavy atom. The summed E-state index contributed by atoms with van der Waals surface area (Å²) in [4.78, 5) is 35.5. The summed E-state index contributed by atoms with van der Waals surface area (Å²) in [7, 11) is 0. The lowest BCUT2D eigenvalue weighted by Gasteiger charge is -2.15. The van der Waals surface area contributed by atoms with Gasteiger partial charge in [-0.25, -0.2) is 4.79 Å². The lowest BCUT2D eigenvalue weighted by molar-refractivity contribution is -0.123. The van der Waals surface area contributed by atoms with Crippen molar-refractivity contribution in [1.29, 1.82) is 0 Å². The Morgan fingerprint density at radius 2 is 1.50 bits per heavy atom. The van der Waals surface area contributed by atoms with Crippen LogP contribution in [0.5, 0.6) is 0 Å². The molecular formula is C20H22N2O4. The predicted octanol–water partition coefficient (Wildman–Crippen LogP) is 3.45. The molecule has 1 atom stereocenters.